The van der Waals surface area contributed by atoms with Crippen LogP contribution in [-0.4, -0.2) is 16.3 Å². The van der Waals surface area contributed by atoms with E-state index in [4.69, 9.17) is 10.2 Å². The van der Waals surface area contributed by atoms with Crippen molar-refractivity contribution in [1.29, 1.82) is 0 Å². The second-order valence-electron chi connectivity index (χ2n) is 1.55. The maximum absolute atomic E-state index is 8.78. The van der Waals surface area contributed by atoms with E-state index in [1.165, 1.54) is 0 Å². The zero-order valence-corrected chi connectivity index (χ0v) is 4.89. The fourth-order valence-electron chi connectivity index (χ4n) is 0.308. The summed E-state index contributed by atoms with van der Waals surface area (Å²) >= 11 is 0. The van der Waals surface area contributed by atoms with E-state index in [1.54, 1.807) is 6.11 Å². The van der Waals surface area contributed by atoms with E-state index in [0.717, 1.165) is 0 Å². The first-order valence-electron chi connectivity index (χ1n) is 2.61. The smallest absolute Gasteiger partial charge is 0.107 e. The van der Waals surface area contributed by atoms with Crippen molar-refractivity contribution in [2.75, 3.05) is 0 Å². The lowest BCUT2D eigenvalue weighted by Crippen LogP contribution is -2.01. The van der Waals surface area contributed by atoms with Crippen LogP contribution in [-0.2, 0) is 0 Å². The van der Waals surface area contributed by atoms with Crippen molar-refractivity contribution in [2.24, 2.45) is 0 Å². The van der Waals surface area contributed by atoms with Crippen LogP contribution in [0.3, 0.4) is 0 Å². The van der Waals surface area contributed by atoms with Crippen LogP contribution < -0.4 is 0 Å². The van der Waals surface area contributed by atoms with Gasteiger partial charge in [-0.15, -0.1) is 0 Å². The molecule has 0 saturated heterocycles. The van der Waals surface area contributed by atoms with E-state index in [9.17, 15) is 0 Å². The Balaban J connectivity index is 3.19. The molecule has 0 aromatic heterocycles. The van der Waals surface area contributed by atoms with Crippen LogP contribution in [0.1, 0.15) is 19.8 Å². The van der Waals surface area contributed by atoms with E-state index in [0.29, 0.717) is 12.8 Å². The molecular formula is C6H10O2. The summed E-state index contributed by atoms with van der Waals surface area (Å²) in [6, 6.07) is 0. The van der Waals surface area contributed by atoms with E-state index < -0.39 is 0 Å². The molecule has 8 heavy (non-hydrogen) atoms. The molecule has 0 heterocycles. The van der Waals surface area contributed by atoms with E-state index >= 15 is 0 Å². The molecule has 2 heteroatoms. The van der Waals surface area contributed by atoms with Gasteiger partial charge in [-0.05, 0) is 6.42 Å². The molecule has 0 amide bonds. The summed E-state index contributed by atoms with van der Waals surface area (Å²) in [5.41, 5.74) is 0. The summed E-state index contributed by atoms with van der Waals surface area (Å²) < 4.78 is 0. The minimum absolute atomic E-state index is 0.368. The first-order valence-corrected chi connectivity index (χ1v) is 2.61. The summed E-state index contributed by atoms with van der Waals surface area (Å²) in [5.74, 6) is 2.35. The molecule has 2 N–H and O–H groups in total. The fraction of sp³-hybridized carbons (Fsp3) is 0.667. The summed E-state index contributed by atoms with van der Waals surface area (Å²) in [5, 5.41) is 16.7. The Hall–Kier alpha value is -0.680. The van der Waals surface area contributed by atoms with Gasteiger partial charge >= 0.3 is 0 Å². The molecule has 0 aromatic rings. The average molecular weight is 114 g/mol. The van der Waals surface area contributed by atoms with E-state index in [1.807, 2.05) is 6.92 Å². The predicted molar refractivity (Wildman–Crippen MR) is 30.6 cm³/mol. The van der Waals surface area contributed by atoms with Gasteiger partial charge in [0.15, 0.2) is 0 Å². The number of rotatable bonds is 2. The van der Waals surface area contributed by atoms with Crippen molar-refractivity contribution >= 4 is 0 Å². The van der Waals surface area contributed by atoms with Gasteiger partial charge in [-0.25, -0.2) is 0 Å². The summed E-state index contributed by atoms with van der Waals surface area (Å²) in [6.07, 6.45) is 2.40. The number of hydrogen-bond acceptors (Lipinski definition) is 2. The summed E-state index contributed by atoms with van der Waals surface area (Å²) in [6.45, 7) is 1.86. The molecule has 1 unspecified atom stereocenters. The largest absolute Gasteiger partial charge is 0.462 e. The lowest BCUT2D eigenvalue weighted by Gasteiger charge is -1.97. The average Bonchev–Trinajstić information content (AvgIpc) is 1.83. The minimum Gasteiger partial charge on any atom is -0.462 e. The van der Waals surface area contributed by atoms with Crippen LogP contribution in [0.5, 0.6) is 0 Å². The Kier molecular flexibility index (Phi) is 4.10. The highest BCUT2D eigenvalue weighted by molar-refractivity contribution is 4.91. The quantitative estimate of drug-likeness (QED) is 0.512. The SMILES string of the molecule is CCC(O)CC#CO. The highest BCUT2D eigenvalue weighted by atomic mass is 16.3. The molecule has 0 aromatic carbocycles. The number of aliphatic hydroxyl groups is 2. The molecule has 46 valence electrons. The minimum atomic E-state index is -0.380. The summed E-state index contributed by atoms with van der Waals surface area (Å²) in [4.78, 5) is 0. The third kappa shape index (κ3) is 3.51. The zero-order chi connectivity index (χ0) is 6.41. The van der Waals surface area contributed by atoms with Gasteiger partial charge in [0, 0.05) is 6.42 Å². The van der Waals surface area contributed by atoms with Gasteiger partial charge in [0.1, 0.15) is 6.11 Å². The fourth-order valence-corrected chi connectivity index (χ4v) is 0.308. The van der Waals surface area contributed by atoms with Gasteiger partial charge in [-0.3, -0.25) is 0 Å². The zero-order valence-electron chi connectivity index (χ0n) is 4.89. The maximum Gasteiger partial charge on any atom is 0.107 e. The lowest BCUT2D eigenvalue weighted by molar-refractivity contribution is 0.176. The number of aliphatic hydroxyl groups excluding tert-OH is 2. The van der Waals surface area contributed by atoms with Crippen LogP contribution >= 0.6 is 0 Å². The van der Waals surface area contributed by atoms with Crippen LogP contribution in [0.25, 0.3) is 0 Å². The highest BCUT2D eigenvalue weighted by Crippen LogP contribution is 1.92. The van der Waals surface area contributed by atoms with Gasteiger partial charge in [0.25, 0.3) is 0 Å². The summed E-state index contributed by atoms with van der Waals surface area (Å²) in [7, 11) is 0. The molecular weight excluding hydrogens is 104 g/mol. The third-order valence-corrected chi connectivity index (χ3v) is 0.888. The van der Waals surface area contributed by atoms with Crippen molar-refractivity contribution in [1.82, 2.24) is 0 Å². The van der Waals surface area contributed by atoms with Gasteiger partial charge in [-0.1, -0.05) is 12.8 Å². The Morgan fingerprint density at radius 3 is 2.62 bits per heavy atom. The highest BCUT2D eigenvalue weighted by Gasteiger charge is 1.94. The first-order chi connectivity index (χ1) is 3.81. The Bertz CT molecular complexity index is 98.8. The molecule has 0 fully saturated rings. The van der Waals surface area contributed by atoms with E-state index in [-0.39, 0.29) is 6.10 Å². The van der Waals surface area contributed by atoms with Crippen molar-refractivity contribution in [3.63, 3.8) is 0 Å². The second kappa shape index (κ2) is 4.48. The molecule has 0 aliphatic rings. The standard InChI is InChI=1S/C6H10O2/c1-2-6(8)4-3-5-7/h6-8H,2,4H2,1H3. The molecule has 1 atom stereocenters. The molecule has 0 saturated carbocycles. The lowest BCUT2D eigenvalue weighted by atomic mass is 10.2. The Morgan fingerprint density at radius 2 is 2.25 bits per heavy atom. The third-order valence-electron chi connectivity index (χ3n) is 0.888. The van der Waals surface area contributed by atoms with Gasteiger partial charge in [0.2, 0.25) is 0 Å². The molecule has 0 aliphatic carbocycles. The predicted octanol–water partition coefficient (Wildman–Crippen LogP) is 0.481. The molecule has 0 bridgehead atoms. The van der Waals surface area contributed by atoms with Crippen molar-refractivity contribution in [3.8, 4) is 12.0 Å². The normalized spacial score (nSPS) is 11.8. The molecule has 0 aliphatic heterocycles. The topological polar surface area (TPSA) is 40.5 Å². The Morgan fingerprint density at radius 1 is 1.62 bits per heavy atom. The number of hydrogen-bond donors (Lipinski definition) is 2. The maximum atomic E-state index is 8.78. The van der Waals surface area contributed by atoms with Crippen LogP contribution in [0, 0.1) is 12.0 Å². The van der Waals surface area contributed by atoms with Crippen LogP contribution in [0.15, 0.2) is 0 Å². The second-order valence-corrected chi connectivity index (χ2v) is 1.55. The monoisotopic (exact) mass is 114 g/mol. The Labute approximate surface area is 49.2 Å². The van der Waals surface area contributed by atoms with Gasteiger partial charge in [0.05, 0.1) is 6.10 Å². The molecule has 0 spiro atoms. The van der Waals surface area contributed by atoms with Crippen molar-refractivity contribution < 1.29 is 10.2 Å². The van der Waals surface area contributed by atoms with Crippen molar-refractivity contribution in [2.45, 2.75) is 25.9 Å². The van der Waals surface area contributed by atoms with E-state index in [2.05, 4.69) is 5.92 Å². The molecule has 0 radical (unpaired) electrons. The molecule has 2 nitrogen and oxygen atoms in total. The van der Waals surface area contributed by atoms with Gasteiger partial charge in [-0.2, -0.15) is 0 Å². The van der Waals surface area contributed by atoms with Crippen LogP contribution in [0.4, 0.5) is 0 Å². The first kappa shape index (κ1) is 7.32. The van der Waals surface area contributed by atoms with Crippen molar-refractivity contribution in [3.05, 3.63) is 0 Å². The van der Waals surface area contributed by atoms with Crippen LogP contribution in [0.2, 0.25) is 0 Å². The van der Waals surface area contributed by atoms with Gasteiger partial charge < -0.3 is 10.2 Å². The molecule has 0 rings (SSSR count).